The Morgan fingerprint density at radius 3 is 2.70 bits per heavy atom. The molecule has 0 saturated heterocycles. The number of benzene rings is 2. The highest BCUT2D eigenvalue weighted by atomic mass is 19.4. The summed E-state index contributed by atoms with van der Waals surface area (Å²) >= 11 is 0. The molecule has 4 aromatic rings. The number of H-pyrrole nitrogens is 1. The topological polar surface area (TPSA) is 141 Å². The first-order valence-electron chi connectivity index (χ1n) is 12.1. The van der Waals surface area contributed by atoms with E-state index in [9.17, 15) is 27.2 Å². The summed E-state index contributed by atoms with van der Waals surface area (Å²) in [5.41, 5.74) is 0.747. The van der Waals surface area contributed by atoms with Crippen molar-refractivity contribution in [2.24, 2.45) is 4.99 Å². The van der Waals surface area contributed by atoms with E-state index in [1.165, 1.54) is 29.2 Å². The molecule has 5 rings (SSSR count). The van der Waals surface area contributed by atoms with Crippen LogP contribution in [0.2, 0.25) is 0 Å². The minimum Gasteiger partial charge on any atom is -0.353 e. The zero-order chi connectivity index (χ0) is 28.3. The van der Waals surface area contributed by atoms with Gasteiger partial charge in [0.05, 0.1) is 48.3 Å². The Morgan fingerprint density at radius 2 is 1.98 bits per heavy atom. The lowest BCUT2D eigenvalue weighted by molar-refractivity contribution is -0.137. The summed E-state index contributed by atoms with van der Waals surface area (Å²) in [6.07, 6.45) is -1.17. The highest BCUT2D eigenvalue weighted by molar-refractivity contribution is 6.07. The fourth-order valence-corrected chi connectivity index (χ4v) is 4.03. The lowest BCUT2D eigenvalue weighted by atomic mass is 10.1. The first-order valence-corrected chi connectivity index (χ1v) is 12.1. The average Bonchev–Trinajstić information content (AvgIpc) is 3.64. The van der Waals surface area contributed by atoms with Crippen molar-refractivity contribution in [3.05, 3.63) is 71.7 Å². The summed E-state index contributed by atoms with van der Waals surface area (Å²) < 4.78 is 54.9. The quantitative estimate of drug-likeness (QED) is 0.221. The fourth-order valence-electron chi connectivity index (χ4n) is 4.03. The first kappa shape index (κ1) is 26.6. The van der Waals surface area contributed by atoms with Gasteiger partial charge >= 0.3 is 6.18 Å². The third-order valence-electron chi connectivity index (χ3n) is 5.99. The highest BCUT2D eigenvalue weighted by Crippen LogP contribution is 2.31. The van der Waals surface area contributed by atoms with Gasteiger partial charge in [-0.25, -0.2) is 14.1 Å². The average molecular weight is 558 g/mol. The smallest absolute Gasteiger partial charge is 0.353 e. The molecule has 1 unspecified atom stereocenters. The molecule has 2 amide bonds. The minimum absolute atomic E-state index is 0.00417. The van der Waals surface area contributed by atoms with Gasteiger partial charge in [0.1, 0.15) is 6.17 Å². The van der Waals surface area contributed by atoms with Crippen molar-refractivity contribution in [1.29, 1.82) is 0 Å². The normalized spacial score (nSPS) is 15.3. The lowest BCUT2D eigenvalue weighted by Gasteiger charge is -2.19. The number of aromatic amines is 1. The van der Waals surface area contributed by atoms with Crippen LogP contribution >= 0.6 is 0 Å². The maximum atomic E-state index is 13.4. The third-order valence-corrected chi connectivity index (χ3v) is 5.99. The number of anilines is 1. The molecule has 40 heavy (non-hydrogen) atoms. The Balaban J connectivity index is 1.23. The fraction of sp³-hybridized carbons (Fsp3) is 0.240. The van der Waals surface area contributed by atoms with E-state index in [2.05, 4.69) is 41.6 Å². The third kappa shape index (κ3) is 6.19. The van der Waals surface area contributed by atoms with E-state index in [0.29, 0.717) is 22.5 Å². The molecular formula is C25H23F4N9O2. The van der Waals surface area contributed by atoms with Crippen LogP contribution in [-0.2, 0) is 17.5 Å². The number of fused-ring (bicyclic) bond motifs is 1. The van der Waals surface area contributed by atoms with Gasteiger partial charge < -0.3 is 21.3 Å². The number of carbonyl (C=O) groups is 2. The van der Waals surface area contributed by atoms with Crippen LogP contribution in [0.15, 0.2) is 60.0 Å². The van der Waals surface area contributed by atoms with Gasteiger partial charge in [-0.05, 0) is 42.0 Å². The highest BCUT2D eigenvalue weighted by Gasteiger charge is 2.31. The molecule has 2 aromatic carbocycles. The number of aliphatic imine (C=N–C) groups is 1. The van der Waals surface area contributed by atoms with E-state index in [4.69, 9.17) is 0 Å². The molecule has 0 fully saturated rings. The van der Waals surface area contributed by atoms with Crippen LogP contribution < -0.4 is 21.3 Å². The second-order valence-corrected chi connectivity index (χ2v) is 8.94. The van der Waals surface area contributed by atoms with Crippen LogP contribution in [0.5, 0.6) is 0 Å². The van der Waals surface area contributed by atoms with Crippen molar-refractivity contribution in [2.45, 2.75) is 18.9 Å². The first-order chi connectivity index (χ1) is 19.2. The zero-order valence-electron chi connectivity index (χ0n) is 20.7. The van der Waals surface area contributed by atoms with E-state index in [0.717, 1.165) is 12.1 Å². The van der Waals surface area contributed by atoms with Gasteiger partial charge in [-0.3, -0.25) is 14.7 Å². The van der Waals surface area contributed by atoms with Crippen LogP contribution in [0, 0.1) is 0 Å². The van der Waals surface area contributed by atoms with Crippen LogP contribution in [0.25, 0.3) is 16.6 Å². The number of carbonyl (C=O) groups excluding carboxylic acids is 2. The number of hydrogen-bond acceptors (Lipinski definition) is 7. The molecule has 0 radical (unpaired) electrons. The molecule has 1 aliphatic heterocycles. The molecule has 0 aliphatic carbocycles. The molecule has 0 spiro atoms. The number of amides is 2. The molecule has 0 saturated carbocycles. The Labute approximate surface area is 224 Å². The lowest BCUT2D eigenvalue weighted by Crippen LogP contribution is -2.41. The van der Waals surface area contributed by atoms with Crippen molar-refractivity contribution < 1.29 is 27.2 Å². The number of halogens is 4. The van der Waals surface area contributed by atoms with Crippen LogP contribution in [0.4, 0.5) is 23.2 Å². The summed E-state index contributed by atoms with van der Waals surface area (Å²) in [4.78, 5) is 29.3. The zero-order valence-corrected chi connectivity index (χ0v) is 20.7. The van der Waals surface area contributed by atoms with Gasteiger partial charge in [0, 0.05) is 29.9 Å². The van der Waals surface area contributed by atoms with Gasteiger partial charge in [0.2, 0.25) is 5.91 Å². The van der Waals surface area contributed by atoms with Gasteiger partial charge in [0.25, 0.3) is 5.91 Å². The standard InChI is InChI=1S/C25H23F4N9O2/c26-17-10-32-24(33-11-17)36-20-6-15(7-21-19(20)12-34-37-21)23(40)31-13-22(39)30-9-14-4-16(25(27,28)29)8-18(5-14)38-3-1-2-35-38/h1-8,12,17H,9-11,13H2,(H,30,39)(H,31,40)(H,34,37)(H2,32,33,36). The van der Waals surface area contributed by atoms with Crippen molar-refractivity contribution in [2.75, 3.05) is 25.0 Å². The number of hydrogen-bond donors (Lipinski definition) is 5. The van der Waals surface area contributed by atoms with Gasteiger partial charge in [0.15, 0.2) is 5.96 Å². The van der Waals surface area contributed by atoms with Crippen LogP contribution in [0.3, 0.4) is 0 Å². The molecule has 3 heterocycles. The van der Waals surface area contributed by atoms with Gasteiger partial charge in [-0.1, -0.05) is 0 Å². The predicted octanol–water partition coefficient (Wildman–Crippen LogP) is 2.52. The van der Waals surface area contributed by atoms with E-state index in [1.54, 1.807) is 18.3 Å². The largest absolute Gasteiger partial charge is 0.416 e. The number of nitrogens with one attached hydrogen (secondary N) is 5. The van der Waals surface area contributed by atoms with Crippen molar-refractivity contribution >= 4 is 34.4 Å². The Morgan fingerprint density at radius 1 is 1.12 bits per heavy atom. The second kappa shape index (κ2) is 11.0. The minimum atomic E-state index is -4.59. The predicted molar refractivity (Wildman–Crippen MR) is 138 cm³/mol. The maximum absolute atomic E-state index is 13.4. The van der Waals surface area contributed by atoms with E-state index in [-0.39, 0.29) is 36.4 Å². The van der Waals surface area contributed by atoms with Crippen molar-refractivity contribution in [3.63, 3.8) is 0 Å². The van der Waals surface area contributed by atoms with Crippen LogP contribution in [-0.4, -0.2) is 63.6 Å². The SMILES string of the molecule is O=C(CNC(=O)c1cc(NC2=NCC(F)CN2)c2cn[nH]c2c1)NCc1cc(-n2cccn2)cc(C(F)(F)F)c1. The number of nitrogens with zero attached hydrogens (tertiary/aromatic N) is 4. The molecule has 0 bridgehead atoms. The summed E-state index contributed by atoms with van der Waals surface area (Å²) in [6.45, 7) is -0.513. The summed E-state index contributed by atoms with van der Waals surface area (Å²) in [5, 5.41) is 22.2. The van der Waals surface area contributed by atoms with Crippen molar-refractivity contribution in [3.8, 4) is 5.69 Å². The van der Waals surface area contributed by atoms with Gasteiger partial charge in [-0.2, -0.15) is 23.4 Å². The summed E-state index contributed by atoms with van der Waals surface area (Å²) in [6, 6.07) is 8.06. The molecule has 208 valence electrons. The van der Waals surface area contributed by atoms with E-state index >= 15 is 0 Å². The molecule has 1 atom stereocenters. The van der Waals surface area contributed by atoms with Crippen LogP contribution in [0.1, 0.15) is 21.5 Å². The number of guanidine groups is 1. The molecule has 2 aromatic heterocycles. The number of aromatic nitrogens is 4. The van der Waals surface area contributed by atoms with E-state index < -0.39 is 36.3 Å². The number of rotatable bonds is 7. The second-order valence-electron chi connectivity index (χ2n) is 8.94. The molecular weight excluding hydrogens is 534 g/mol. The van der Waals surface area contributed by atoms with Crippen molar-refractivity contribution in [1.82, 2.24) is 35.9 Å². The molecule has 5 N–H and O–H groups in total. The summed E-state index contributed by atoms with van der Waals surface area (Å²) in [5.74, 6) is -0.829. The number of alkyl halides is 4. The molecule has 15 heteroatoms. The maximum Gasteiger partial charge on any atom is 0.416 e. The Hall–Kier alpha value is -4.95. The summed E-state index contributed by atoms with van der Waals surface area (Å²) in [7, 11) is 0. The Bertz CT molecular complexity index is 1560. The van der Waals surface area contributed by atoms with E-state index in [1.807, 2.05) is 0 Å². The Kier molecular flexibility index (Phi) is 7.35. The molecule has 11 nitrogen and oxygen atoms in total. The van der Waals surface area contributed by atoms with Gasteiger partial charge in [-0.15, -0.1) is 0 Å². The molecule has 1 aliphatic rings. The monoisotopic (exact) mass is 557 g/mol.